The zero-order valence-electron chi connectivity index (χ0n) is 13.5. The highest BCUT2D eigenvalue weighted by Gasteiger charge is 1.99. The number of halogens is 1. The maximum absolute atomic E-state index is 5.70. The van der Waals surface area contributed by atoms with Crippen LogP contribution in [0.2, 0.25) is 0 Å². The molecular formula is C16H28IN3O. The van der Waals surface area contributed by atoms with E-state index in [9.17, 15) is 0 Å². The van der Waals surface area contributed by atoms with E-state index in [1.807, 2.05) is 18.2 Å². The van der Waals surface area contributed by atoms with Crippen molar-refractivity contribution in [1.82, 2.24) is 10.6 Å². The third-order valence-electron chi connectivity index (χ3n) is 2.61. The molecule has 1 rings (SSSR count). The van der Waals surface area contributed by atoms with Gasteiger partial charge in [0.05, 0.1) is 6.54 Å². The van der Waals surface area contributed by atoms with Crippen molar-refractivity contribution in [2.45, 2.75) is 27.7 Å². The molecular weight excluding hydrogens is 377 g/mol. The van der Waals surface area contributed by atoms with Gasteiger partial charge in [-0.3, -0.25) is 4.99 Å². The van der Waals surface area contributed by atoms with Crippen molar-refractivity contribution in [1.29, 1.82) is 0 Å². The summed E-state index contributed by atoms with van der Waals surface area (Å²) in [4.78, 5) is 4.51. The van der Waals surface area contributed by atoms with E-state index in [0.29, 0.717) is 12.5 Å². The van der Waals surface area contributed by atoms with Gasteiger partial charge in [-0.15, -0.1) is 24.0 Å². The fourth-order valence-corrected chi connectivity index (χ4v) is 1.66. The normalized spacial score (nSPS) is 11.0. The van der Waals surface area contributed by atoms with Crippen molar-refractivity contribution in [3.8, 4) is 5.75 Å². The smallest absolute Gasteiger partial charge is 0.191 e. The molecule has 0 aliphatic heterocycles. The Labute approximate surface area is 145 Å². The second-order valence-corrected chi connectivity index (χ2v) is 5.21. The number of hydrogen-bond donors (Lipinski definition) is 2. The molecule has 0 aliphatic rings. The molecule has 0 unspecified atom stereocenters. The van der Waals surface area contributed by atoms with Crippen LogP contribution in [0, 0.1) is 12.8 Å². The number of guanidine groups is 1. The lowest BCUT2D eigenvalue weighted by atomic mass is 10.2. The summed E-state index contributed by atoms with van der Waals surface area (Å²) in [6.45, 7) is 11.5. The number of ether oxygens (including phenoxy) is 1. The van der Waals surface area contributed by atoms with Crippen molar-refractivity contribution in [3.05, 3.63) is 29.8 Å². The second kappa shape index (κ2) is 11.7. The molecule has 0 spiro atoms. The first-order chi connectivity index (χ1) is 9.61. The third kappa shape index (κ3) is 9.55. The highest BCUT2D eigenvalue weighted by molar-refractivity contribution is 14.0. The largest absolute Gasteiger partial charge is 0.492 e. The van der Waals surface area contributed by atoms with Crippen molar-refractivity contribution < 1.29 is 4.74 Å². The molecule has 0 saturated carbocycles. The van der Waals surface area contributed by atoms with E-state index in [2.05, 4.69) is 49.4 Å². The lowest BCUT2D eigenvalue weighted by Crippen LogP contribution is -2.39. The van der Waals surface area contributed by atoms with Gasteiger partial charge in [-0.2, -0.15) is 0 Å². The maximum Gasteiger partial charge on any atom is 0.191 e. The lowest BCUT2D eigenvalue weighted by Gasteiger charge is -2.12. The molecule has 0 heterocycles. The Balaban J connectivity index is 0.00000400. The fourth-order valence-electron chi connectivity index (χ4n) is 1.66. The van der Waals surface area contributed by atoms with Crippen LogP contribution in [-0.2, 0) is 0 Å². The summed E-state index contributed by atoms with van der Waals surface area (Å²) in [5.74, 6) is 2.33. The maximum atomic E-state index is 5.70. The van der Waals surface area contributed by atoms with E-state index in [-0.39, 0.29) is 24.0 Å². The number of nitrogens with one attached hydrogen (secondary N) is 2. The Morgan fingerprint density at radius 3 is 2.67 bits per heavy atom. The third-order valence-corrected chi connectivity index (χ3v) is 2.61. The number of nitrogens with zero attached hydrogens (tertiary/aromatic N) is 1. The number of hydrogen-bond acceptors (Lipinski definition) is 2. The van der Waals surface area contributed by atoms with Gasteiger partial charge in [0.2, 0.25) is 0 Å². The van der Waals surface area contributed by atoms with Crippen molar-refractivity contribution >= 4 is 29.9 Å². The topological polar surface area (TPSA) is 45.7 Å². The molecule has 0 aliphatic carbocycles. The Morgan fingerprint density at radius 2 is 2.05 bits per heavy atom. The molecule has 5 heteroatoms. The molecule has 0 aromatic heterocycles. The first kappa shape index (κ1) is 20.0. The zero-order valence-corrected chi connectivity index (χ0v) is 15.8. The number of aryl methyl sites for hydroxylation is 1. The average Bonchev–Trinajstić information content (AvgIpc) is 2.40. The molecule has 4 nitrogen and oxygen atoms in total. The van der Waals surface area contributed by atoms with Gasteiger partial charge < -0.3 is 15.4 Å². The van der Waals surface area contributed by atoms with Crippen LogP contribution >= 0.6 is 24.0 Å². The minimum atomic E-state index is 0. The van der Waals surface area contributed by atoms with Crippen LogP contribution in [0.4, 0.5) is 0 Å². The van der Waals surface area contributed by atoms with E-state index in [4.69, 9.17) is 4.74 Å². The van der Waals surface area contributed by atoms with Crippen molar-refractivity contribution in [3.63, 3.8) is 0 Å². The van der Waals surface area contributed by atoms with E-state index < -0.39 is 0 Å². The Bertz CT molecular complexity index is 422. The van der Waals surface area contributed by atoms with Crippen LogP contribution in [0.5, 0.6) is 5.75 Å². The van der Waals surface area contributed by atoms with Gasteiger partial charge in [0.15, 0.2) is 5.96 Å². The van der Waals surface area contributed by atoms with Gasteiger partial charge in [0.25, 0.3) is 0 Å². The molecule has 2 N–H and O–H groups in total. The summed E-state index contributed by atoms with van der Waals surface area (Å²) in [7, 11) is 0. The first-order valence-electron chi connectivity index (χ1n) is 7.33. The minimum absolute atomic E-state index is 0. The predicted octanol–water partition coefficient (Wildman–Crippen LogP) is 3.20. The molecule has 21 heavy (non-hydrogen) atoms. The molecule has 0 fully saturated rings. The minimum Gasteiger partial charge on any atom is -0.492 e. The standard InChI is InChI=1S/C16H27N3O.HI/c1-5-17-16(19-12-13(2)3)18-9-10-20-15-8-6-7-14(4)11-15;/h6-8,11,13H,5,9-10,12H2,1-4H3,(H2,17,18,19);1H. The van der Waals surface area contributed by atoms with Gasteiger partial charge >= 0.3 is 0 Å². The van der Waals surface area contributed by atoms with Crippen LogP contribution in [-0.4, -0.2) is 32.2 Å². The van der Waals surface area contributed by atoms with Crippen LogP contribution in [0.25, 0.3) is 0 Å². The molecule has 0 amide bonds. The van der Waals surface area contributed by atoms with Crippen LogP contribution in [0.3, 0.4) is 0 Å². The molecule has 0 bridgehead atoms. The number of rotatable bonds is 7. The summed E-state index contributed by atoms with van der Waals surface area (Å²) in [6, 6.07) is 8.09. The van der Waals surface area contributed by atoms with Gasteiger partial charge in [0.1, 0.15) is 12.4 Å². The van der Waals surface area contributed by atoms with Crippen molar-refractivity contribution in [2.24, 2.45) is 10.9 Å². The SMILES string of the molecule is CCNC(=NCC(C)C)NCCOc1cccc(C)c1.I. The van der Waals surface area contributed by atoms with Crippen molar-refractivity contribution in [2.75, 3.05) is 26.2 Å². The Kier molecular flexibility index (Phi) is 11.1. The molecule has 0 radical (unpaired) electrons. The molecule has 1 aromatic rings. The summed E-state index contributed by atoms with van der Waals surface area (Å²) in [5, 5.41) is 6.50. The van der Waals surface area contributed by atoms with E-state index in [1.54, 1.807) is 0 Å². The lowest BCUT2D eigenvalue weighted by molar-refractivity contribution is 0.321. The Morgan fingerprint density at radius 1 is 1.29 bits per heavy atom. The fraction of sp³-hybridized carbons (Fsp3) is 0.562. The van der Waals surface area contributed by atoms with E-state index >= 15 is 0 Å². The zero-order chi connectivity index (χ0) is 14.8. The second-order valence-electron chi connectivity index (χ2n) is 5.21. The molecule has 0 atom stereocenters. The van der Waals surface area contributed by atoms with Crippen LogP contribution < -0.4 is 15.4 Å². The Hall–Kier alpha value is -0.980. The first-order valence-corrected chi connectivity index (χ1v) is 7.33. The number of benzene rings is 1. The van der Waals surface area contributed by atoms with Gasteiger partial charge in [0, 0.05) is 13.1 Å². The highest BCUT2D eigenvalue weighted by Crippen LogP contribution is 2.11. The summed E-state index contributed by atoms with van der Waals surface area (Å²) in [6.07, 6.45) is 0. The summed E-state index contributed by atoms with van der Waals surface area (Å²) >= 11 is 0. The van der Waals surface area contributed by atoms with E-state index in [0.717, 1.165) is 31.3 Å². The average molecular weight is 405 g/mol. The van der Waals surface area contributed by atoms with E-state index in [1.165, 1.54) is 5.56 Å². The molecule has 1 aromatic carbocycles. The van der Waals surface area contributed by atoms with Gasteiger partial charge in [-0.05, 0) is 37.5 Å². The van der Waals surface area contributed by atoms with Crippen LogP contribution in [0.1, 0.15) is 26.3 Å². The molecule has 120 valence electrons. The molecule has 0 saturated heterocycles. The van der Waals surface area contributed by atoms with Gasteiger partial charge in [-0.25, -0.2) is 0 Å². The summed E-state index contributed by atoms with van der Waals surface area (Å²) < 4.78 is 5.70. The summed E-state index contributed by atoms with van der Waals surface area (Å²) in [5.41, 5.74) is 1.21. The quantitative estimate of drug-likeness (QED) is 0.317. The monoisotopic (exact) mass is 405 g/mol. The predicted molar refractivity (Wildman–Crippen MR) is 101 cm³/mol. The van der Waals surface area contributed by atoms with Gasteiger partial charge in [-0.1, -0.05) is 26.0 Å². The highest BCUT2D eigenvalue weighted by atomic mass is 127. The number of aliphatic imine (C=N–C) groups is 1. The van der Waals surface area contributed by atoms with Crippen LogP contribution in [0.15, 0.2) is 29.3 Å².